The first-order valence-corrected chi connectivity index (χ1v) is 5.03. The molecule has 0 saturated heterocycles. The number of nitrogen functional groups attached to an aromatic ring is 1. The van der Waals surface area contributed by atoms with Crippen LogP contribution in [0.25, 0.3) is 21.8 Å². The third-order valence-electron chi connectivity index (χ3n) is 2.93. The molecule has 2 heteroatoms. The van der Waals surface area contributed by atoms with Crippen LogP contribution in [0.4, 0.5) is 0 Å². The highest BCUT2D eigenvalue weighted by atomic mass is 15.3. The Hall–Kier alpha value is -1.96. The lowest BCUT2D eigenvalue weighted by Crippen LogP contribution is -2.07. The monoisotopic (exact) mass is 196 g/mol. The highest BCUT2D eigenvalue weighted by Gasteiger charge is 2.08. The van der Waals surface area contributed by atoms with Crippen molar-refractivity contribution in [3.63, 3.8) is 0 Å². The largest absolute Gasteiger partial charge is 0.339 e. The molecule has 0 radical (unpaired) electrons. The summed E-state index contributed by atoms with van der Waals surface area (Å²) in [6, 6.07) is 14.5. The zero-order valence-electron chi connectivity index (χ0n) is 8.57. The third kappa shape index (κ3) is 0.988. The lowest BCUT2D eigenvalue weighted by atomic mass is 10.1. The van der Waals surface area contributed by atoms with Crippen molar-refractivity contribution in [2.45, 2.75) is 6.92 Å². The predicted octanol–water partition coefficient (Wildman–Crippen LogP) is 2.82. The summed E-state index contributed by atoms with van der Waals surface area (Å²) >= 11 is 0. The van der Waals surface area contributed by atoms with Crippen molar-refractivity contribution < 1.29 is 0 Å². The zero-order valence-corrected chi connectivity index (χ0v) is 8.57. The van der Waals surface area contributed by atoms with Crippen molar-refractivity contribution in [2.24, 2.45) is 0 Å². The number of para-hydroxylation sites is 2. The molecule has 0 atom stereocenters. The minimum Gasteiger partial charge on any atom is -0.339 e. The summed E-state index contributed by atoms with van der Waals surface area (Å²) in [5, 5.41) is 2.45. The van der Waals surface area contributed by atoms with E-state index in [1.54, 1.807) is 4.68 Å². The number of fused-ring (bicyclic) bond motifs is 3. The van der Waals surface area contributed by atoms with Gasteiger partial charge in [0.25, 0.3) is 0 Å². The van der Waals surface area contributed by atoms with E-state index in [2.05, 4.69) is 37.3 Å². The van der Waals surface area contributed by atoms with Gasteiger partial charge in [0, 0.05) is 10.8 Å². The molecule has 0 saturated carbocycles. The van der Waals surface area contributed by atoms with Crippen molar-refractivity contribution in [3.05, 3.63) is 48.0 Å². The lowest BCUT2D eigenvalue weighted by Gasteiger charge is -2.00. The van der Waals surface area contributed by atoms with Crippen LogP contribution in [0.5, 0.6) is 0 Å². The second kappa shape index (κ2) is 2.76. The number of nitrogens with zero attached hydrogens (tertiary/aromatic N) is 1. The summed E-state index contributed by atoms with van der Waals surface area (Å²) < 4.78 is 1.78. The summed E-state index contributed by atoms with van der Waals surface area (Å²) in [5.41, 5.74) is 3.42. The van der Waals surface area contributed by atoms with Crippen molar-refractivity contribution in [1.29, 1.82) is 0 Å². The molecular formula is C13H12N2. The Kier molecular flexibility index (Phi) is 1.54. The van der Waals surface area contributed by atoms with Crippen LogP contribution in [0, 0.1) is 6.92 Å². The molecule has 1 aromatic heterocycles. The van der Waals surface area contributed by atoms with Crippen molar-refractivity contribution in [1.82, 2.24) is 4.68 Å². The molecule has 0 amide bonds. The van der Waals surface area contributed by atoms with Crippen LogP contribution in [0.1, 0.15) is 5.56 Å². The van der Waals surface area contributed by atoms with Crippen LogP contribution in [0.3, 0.4) is 0 Å². The molecule has 74 valence electrons. The highest BCUT2D eigenvalue weighted by molar-refractivity contribution is 6.08. The molecule has 2 nitrogen and oxygen atoms in total. The highest BCUT2D eigenvalue weighted by Crippen LogP contribution is 2.28. The van der Waals surface area contributed by atoms with Gasteiger partial charge < -0.3 is 5.84 Å². The van der Waals surface area contributed by atoms with Crippen LogP contribution >= 0.6 is 0 Å². The average Bonchev–Trinajstić information content (AvgIpc) is 2.55. The molecule has 0 spiro atoms. The van der Waals surface area contributed by atoms with Gasteiger partial charge >= 0.3 is 0 Å². The lowest BCUT2D eigenvalue weighted by molar-refractivity contribution is 1.11. The molecule has 0 aliphatic carbocycles. The van der Waals surface area contributed by atoms with Gasteiger partial charge in [-0.25, -0.2) is 0 Å². The van der Waals surface area contributed by atoms with E-state index in [1.807, 2.05) is 12.1 Å². The minimum absolute atomic E-state index is 1.09. The van der Waals surface area contributed by atoms with Gasteiger partial charge in [-0.3, -0.25) is 4.68 Å². The maximum Gasteiger partial charge on any atom is 0.0732 e. The van der Waals surface area contributed by atoms with Crippen molar-refractivity contribution in [3.8, 4) is 0 Å². The first kappa shape index (κ1) is 8.36. The van der Waals surface area contributed by atoms with Gasteiger partial charge in [0.15, 0.2) is 0 Å². The van der Waals surface area contributed by atoms with Crippen LogP contribution in [-0.2, 0) is 0 Å². The Morgan fingerprint density at radius 1 is 0.933 bits per heavy atom. The molecule has 15 heavy (non-hydrogen) atoms. The molecular weight excluding hydrogens is 184 g/mol. The molecule has 2 N–H and O–H groups in total. The van der Waals surface area contributed by atoms with Crippen LogP contribution in [-0.4, -0.2) is 4.68 Å². The standard InChI is InChI=1S/C13H12N2/c1-9-5-4-7-11-10-6-2-3-8-12(10)15(14)13(9)11/h2-8H,14H2,1H3. The second-order valence-corrected chi connectivity index (χ2v) is 3.86. The van der Waals surface area contributed by atoms with Gasteiger partial charge in [-0.1, -0.05) is 36.4 Å². The Balaban J connectivity index is 2.69. The van der Waals surface area contributed by atoms with E-state index >= 15 is 0 Å². The van der Waals surface area contributed by atoms with E-state index in [-0.39, 0.29) is 0 Å². The van der Waals surface area contributed by atoms with E-state index in [9.17, 15) is 0 Å². The summed E-state index contributed by atoms with van der Waals surface area (Å²) in [5.74, 6) is 6.09. The Morgan fingerprint density at radius 3 is 2.53 bits per heavy atom. The number of benzene rings is 2. The number of nitrogens with two attached hydrogens (primary N) is 1. The molecule has 0 aliphatic rings. The molecule has 1 heterocycles. The van der Waals surface area contributed by atoms with Crippen molar-refractivity contribution >= 4 is 21.8 Å². The summed E-state index contributed by atoms with van der Waals surface area (Å²) in [6.45, 7) is 2.09. The summed E-state index contributed by atoms with van der Waals surface area (Å²) in [6.07, 6.45) is 0. The third-order valence-corrected chi connectivity index (χ3v) is 2.93. The molecule has 3 rings (SSSR count). The Morgan fingerprint density at radius 2 is 1.67 bits per heavy atom. The fraction of sp³-hybridized carbons (Fsp3) is 0.0769. The maximum atomic E-state index is 6.09. The zero-order chi connectivity index (χ0) is 10.4. The number of hydrogen-bond donors (Lipinski definition) is 1. The summed E-state index contributed by atoms with van der Waals surface area (Å²) in [4.78, 5) is 0. The molecule has 0 aliphatic heterocycles. The van der Waals surface area contributed by atoms with Gasteiger partial charge in [0.1, 0.15) is 0 Å². The SMILES string of the molecule is Cc1cccc2c3ccccc3n(N)c12. The predicted molar refractivity (Wildman–Crippen MR) is 64.3 cm³/mol. The first-order valence-electron chi connectivity index (χ1n) is 5.03. The number of hydrogen-bond acceptors (Lipinski definition) is 1. The number of aryl methyl sites for hydroxylation is 1. The fourth-order valence-electron chi connectivity index (χ4n) is 2.23. The number of rotatable bonds is 0. The fourth-order valence-corrected chi connectivity index (χ4v) is 2.23. The van der Waals surface area contributed by atoms with E-state index in [0.29, 0.717) is 0 Å². The molecule has 0 unspecified atom stereocenters. The smallest absolute Gasteiger partial charge is 0.0732 e. The quantitative estimate of drug-likeness (QED) is 0.551. The summed E-state index contributed by atoms with van der Waals surface area (Å²) in [7, 11) is 0. The van der Waals surface area contributed by atoms with Gasteiger partial charge in [-0.05, 0) is 18.6 Å². The minimum atomic E-state index is 1.09. The Bertz CT molecular complexity index is 650. The molecule has 0 bridgehead atoms. The van der Waals surface area contributed by atoms with Crippen LogP contribution < -0.4 is 5.84 Å². The van der Waals surface area contributed by atoms with Gasteiger partial charge in [0.05, 0.1) is 11.0 Å². The normalized spacial score (nSPS) is 11.3. The van der Waals surface area contributed by atoms with Gasteiger partial charge in [0.2, 0.25) is 0 Å². The average molecular weight is 196 g/mol. The maximum absolute atomic E-state index is 6.09. The van der Waals surface area contributed by atoms with Gasteiger partial charge in [-0.15, -0.1) is 0 Å². The van der Waals surface area contributed by atoms with Gasteiger partial charge in [-0.2, -0.15) is 0 Å². The molecule has 0 fully saturated rings. The van der Waals surface area contributed by atoms with Crippen molar-refractivity contribution in [2.75, 3.05) is 5.84 Å². The van der Waals surface area contributed by atoms with E-state index in [4.69, 9.17) is 5.84 Å². The topological polar surface area (TPSA) is 30.9 Å². The molecule has 2 aromatic carbocycles. The van der Waals surface area contributed by atoms with Crippen LogP contribution in [0.2, 0.25) is 0 Å². The van der Waals surface area contributed by atoms with E-state index in [0.717, 1.165) is 11.0 Å². The number of aromatic nitrogens is 1. The second-order valence-electron chi connectivity index (χ2n) is 3.86. The van der Waals surface area contributed by atoms with Crippen LogP contribution in [0.15, 0.2) is 42.5 Å². The first-order chi connectivity index (χ1) is 7.29. The Labute approximate surface area is 87.9 Å². The molecule has 3 aromatic rings. The van der Waals surface area contributed by atoms with E-state index < -0.39 is 0 Å². The van der Waals surface area contributed by atoms with E-state index in [1.165, 1.54) is 16.3 Å².